The first-order valence-corrected chi connectivity index (χ1v) is 8.96. The highest BCUT2D eigenvalue weighted by Gasteiger charge is 2.20. The van der Waals surface area contributed by atoms with Crippen molar-refractivity contribution in [2.24, 2.45) is 0 Å². The van der Waals surface area contributed by atoms with Gasteiger partial charge in [0.15, 0.2) is 0 Å². The molecule has 0 aliphatic rings. The number of amides is 2. The average Bonchev–Trinajstić information content (AvgIpc) is 2.98. The van der Waals surface area contributed by atoms with Crippen LogP contribution < -0.4 is 5.32 Å². The number of nitrogens with zero attached hydrogens (tertiary/aromatic N) is 3. The van der Waals surface area contributed by atoms with Gasteiger partial charge in [-0.25, -0.2) is 4.98 Å². The first-order valence-electron chi connectivity index (χ1n) is 8.96. The SMILES string of the molecule is CCCCN(C)C(=O)Cn1c(C(C)NC(=O)CC)nc2ccccc21. The zero-order valence-corrected chi connectivity index (χ0v) is 15.6. The van der Waals surface area contributed by atoms with Crippen LogP contribution in [-0.4, -0.2) is 39.9 Å². The molecular weight excluding hydrogens is 316 g/mol. The summed E-state index contributed by atoms with van der Waals surface area (Å²) in [5.74, 6) is 0.726. The first-order chi connectivity index (χ1) is 12.0. The van der Waals surface area contributed by atoms with E-state index in [1.165, 1.54) is 0 Å². The van der Waals surface area contributed by atoms with Gasteiger partial charge >= 0.3 is 0 Å². The van der Waals surface area contributed by atoms with E-state index in [4.69, 9.17) is 0 Å². The third kappa shape index (κ3) is 4.59. The molecule has 1 aromatic carbocycles. The van der Waals surface area contributed by atoms with Crippen LogP contribution in [0.1, 0.15) is 51.9 Å². The van der Waals surface area contributed by atoms with E-state index in [1.807, 2.05) is 49.7 Å². The number of nitrogens with one attached hydrogen (secondary N) is 1. The molecule has 6 heteroatoms. The molecule has 0 bridgehead atoms. The number of carbonyl (C=O) groups excluding carboxylic acids is 2. The molecule has 0 aliphatic carbocycles. The minimum Gasteiger partial charge on any atom is -0.346 e. The number of benzene rings is 1. The zero-order valence-electron chi connectivity index (χ0n) is 15.6. The molecule has 2 aromatic rings. The Balaban J connectivity index is 2.31. The maximum Gasteiger partial charge on any atom is 0.242 e. The number of hydrogen-bond donors (Lipinski definition) is 1. The minimum absolute atomic E-state index is 0.0301. The van der Waals surface area contributed by atoms with Crippen molar-refractivity contribution in [2.45, 2.75) is 52.6 Å². The van der Waals surface area contributed by atoms with Gasteiger partial charge in [0, 0.05) is 20.0 Å². The Hall–Kier alpha value is -2.37. The van der Waals surface area contributed by atoms with E-state index in [2.05, 4.69) is 17.2 Å². The summed E-state index contributed by atoms with van der Waals surface area (Å²) in [5.41, 5.74) is 1.74. The fraction of sp³-hybridized carbons (Fsp3) is 0.526. The monoisotopic (exact) mass is 344 g/mol. The normalized spacial score (nSPS) is 12.2. The van der Waals surface area contributed by atoms with E-state index in [-0.39, 0.29) is 24.4 Å². The Morgan fingerprint density at radius 1 is 1.28 bits per heavy atom. The summed E-state index contributed by atoms with van der Waals surface area (Å²) in [6, 6.07) is 7.49. The topological polar surface area (TPSA) is 67.2 Å². The molecule has 136 valence electrons. The quantitative estimate of drug-likeness (QED) is 0.801. The van der Waals surface area contributed by atoms with Crippen LogP contribution in [0, 0.1) is 0 Å². The zero-order chi connectivity index (χ0) is 18.4. The van der Waals surface area contributed by atoms with E-state index in [9.17, 15) is 9.59 Å². The molecule has 1 N–H and O–H groups in total. The van der Waals surface area contributed by atoms with Crippen LogP contribution >= 0.6 is 0 Å². The highest BCUT2D eigenvalue weighted by Crippen LogP contribution is 2.21. The van der Waals surface area contributed by atoms with Crippen molar-refractivity contribution >= 4 is 22.8 Å². The lowest BCUT2D eigenvalue weighted by Crippen LogP contribution is -2.33. The Labute approximate surface area is 149 Å². The molecule has 0 radical (unpaired) electrons. The lowest BCUT2D eigenvalue weighted by atomic mass is 10.2. The van der Waals surface area contributed by atoms with Crippen LogP contribution in [0.4, 0.5) is 0 Å². The molecule has 1 unspecified atom stereocenters. The highest BCUT2D eigenvalue weighted by molar-refractivity contribution is 5.81. The number of likely N-dealkylation sites (N-methyl/N-ethyl adjacent to an activating group) is 1. The molecule has 0 fully saturated rings. The van der Waals surface area contributed by atoms with Gasteiger partial charge in [0.05, 0.1) is 17.1 Å². The van der Waals surface area contributed by atoms with Crippen LogP contribution in [-0.2, 0) is 16.1 Å². The summed E-state index contributed by atoms with van der Waals surface area (Å²) >= 11 is 0. The van der Waals surface area contributed by atoms with Gasteiger partial charge < -0.3 is 14.8 Å². The Morgan fingerprint density at radius 3 is 2.68 bits per heavy atom. The second-order valence-electron chi connectivity index (χ2n) is 6.36. The summed E-state index contributed by atoms with van der Waals surface area (Å²) in [5, 5.41) is 2.94. The number of carbonyl (C=O) groups is 2. The van der Waals surface area contributed by atoms with Gasteiger partial charge in [-0.3, -0.25) is 9.59 Å². The maximum atomic E-state index is 12.6. The molecule has 6 nitrogen and oxygen atoms in total. The van der Waals surface area contributed by atoms with E-state index < -0.39 is 0 Å². The van der Waals surface area contributed by atoms with Crippen molar-refractivity contribution in [3.63, 3.8) is 0 Å². The van der Waals surface area contributed by atoms with Gasteiger partial charge in [0.25, 0.3) is 0 Å². The van der Waals surface area contributed by atoms with Gasteiger partial charge in [0.2, 0.25) is 11.8 Å². The maximum absolute atomic E-state index is 12.6. The molecule has 0 saturated heterocycles. The molecule has 25 heavy (non-hydrogen) atoms. The molecule has 0 saturated carbocycles. The molecule has 2 amide bonds. The van der Waals surface area contributed by atoms with Crippen molar-refractivity contribution in [2.75, 3.05) is 13.6 Å². The summed E-state index contributed by atoms with van der Waals surface area (Å²) in [4.78, 5) is 30.8. The number of fused-ring (bicyclic) bond motifs is 1. The lowest BCUT2D eigenvalue weighted by molar-refractivity contribution is -0.130. The van der Waals surface area contributed by atoms with E-state index >= 15 is 0 Å². The summed E-state index contributed by atoms with van der Waals surface area (Å²) in [7, 11) is 1.83. The highest BCUT2D eigenvalue weighted by atomic mass is 16.2. The van der Waals surface area contributed by atoms with Crippen molar-refractivity contribution in [1.82, 2.24) is 19.8 Å². The van der Waals surface area contributed by atoms with Gasteiger partial charge in [-0.1, -0.05) is 32.4 Å². The third-order valence-corrected chi connectivity index (χ3v) is 4.34. The van der Waals surface area contributed by atoms with Crippen molar-refractivity contribution in [3.8, 4) is 0 Å². The molecule has 0 spiro atoms. The van der Waals surface area contributed by atoms with Crippen molar-refractivity contribution in [1.29, 1.82) is 0 Å². The van der Waals surface area contributed by atoms with Crippen LogP contribution in [0.25, 0.3) is 11.0 Å². The second-order valence-corrected chi connectivity index (χ2v) is 6.36. The number of rotatable bonds is 8. The van der Waals surface area contributed by atoms with E-state index in [0.29, 0.717) is 12.2 Å². The van der Waals surface area contributed by atoms with Gasteiger partial charge in [-0.2, -0.15) is 0 Å². The molecule has 1 aromatic heterocycles. The van der Waals surface area contributed by atoms with Crippen molar-refractivity contribution < 1.29 is 9.59 Å². The largest absolute Gasteiger partial charge is 0.346 e. The van der Waals surface area contributed by atoms with Gasteiger partial charge in [0.1, 0.15) is 12.4 Å². The fourth-order valence-electron chi connectivity index (χ4n) is 2.77. The number of imidazole rings is 1. The Kier molecular flexibility index (Phi) is 6.56. The number of hydrogen-bond acceptors (Lipinski definition) is 3. The summed E-state index contributed by atoms with van der Waals surface area (Å²) in [6.07, 6.45) is 2.46. The average molecular weight is 344 g/mol. The standard InChI is InChI=1S/C19H28N4O2/c1-5-7-12-22(4)18(25)13-23-16-11-9-8-10-15(16)21-19(23)14(3)20-17(24)6-2/h8-11,14H,5-7,12-13H2,1-4H3,(H,20,24). The van der Waals surface area contributed by atoms with Crippen LogP contribution in [0.5, 0.6) is 0 Å². The fourth-order valence-corrected chi connectivity index (χ4v) is 2.77. The molecule has 2 rings (SSSR count). The molecule has 1 heterocycles. The lowest BCUT2D eigenvalue weighted by Gasteiger charge is -2.20. The van der Waals surface area contributed by atoms with Crippen LogP contribution in [0.15, 0.2) is 24.3 Å². The van der Waals surface area contributed by atoms with E-state index in [1.54, 1.807) is 4.90 Å². The molecule has 1 atom stereocenters. The van der Waals surface area contributed by atoms with Crippen LogP contribution in [0.2, 0.25) is 0 Å². The van der Waals surface area contributed by atoms with Gasteiger partial charge in [-0.05, 0) is 25.5 Å². The predicted molar refractivity (Wildman–Crippen MR) is 99.1 cm³/mol. The summed E-state index contributed by atoms with van der Waals surface area (Å²) < 4.78 is 1.92. The minimum atomic E-state index is -0.256. The first kappa shape index (κ1) is 19.0. The Bertz CT molecular complexity index is 738. The van der Waals surface area contributed by atoms with Gasteiger partial charge in [-0.15, -0.1) is 0 Å². The predicted octanol–water partition coefficient (Wildman–Crippen LogP) is 2.88. The smallest absolute Gasteiger partial charge is 0.242 e. The molecular formula is C19H28N4O2. The second kappa shape index (κ2) is 8.65. The number of aromatic nitrogens is 2. The summed E-state index contributed by atoms with van der Waals surface area (Å²) in [6.45, 7) is 6.80. The third-order valence-electron chi connectivity index (χ3n) is 4.34. The van der Waals surface area contributed by atoms with Crippen LogP contribution in [0.3, 0.4) is 0 Å². The van der Waals surface area contributed by atoms with E-state index in [0.717, 1.165) is 30.4 Å². The van der Waals surface area contributed by atoms with Crippen molar-refractivity contribution in [3.05, 3.63) is 30.1 Å². The number of para-hydroxylation sites is 2. The molecule has 0 aliphatic heterocycles. The number of unbranched alkanes of at least 4 members (excludes halogenated alkanes) is 1. The Morgan fingerprint density at radius 2 is 2.00 bits per heavy atom.